The smallest absolute Gasteiger partial charge is 0.341 e. The molecular weight excluding hydrogens is 617 g/mol. The van der Waals surface area contributed by atoms with Crippen molar-refractivity contribution in [3.8, 4) is 0 Å². The number of hydrogen-bond acceptors (Lipinski definition) is 4. The molecule has 232 valence electrons. The number of likely N-dealkylation sites (tertiary alicyclic amines) is 1. The molecule has 1 aliphatic carbocycles. The Balaban J connectivity index is 1.44. The number of nitrogens with zero attached hydrogens (tertiary/aromatic N) is 2. The summed E-state index contributed by atoms with van der Waals surface area (Å²) in [5, 5.41) is 0.606. The summed E-state index contributed by atoms with van der Waals surface area (Å²) in [6.07, 6.45) is -1.20. The molecular formula is C29H35Cl2F4N3O3S. The number of alkyl halides is 3. The third-order valence-corrected chi connectivity index (χ3v) is 10.5. The summed E-state index contributed by atoms with van der Waals surface area (Å²) in [6.45, 7) is 3.52. The monoisotopic (exact) mass is 651 g/mol. The topological polar surface area (TPSA) is 69.7 Å². The molecule has 2 aromatic carbocycles. The Morgan fingerprint density at radius 3 is 2.29 bits per heavy atom. The zero-order valence-electron chi connectivity index (χ0n) is 23.5. The summed E-state index contributed by atoms with van der Waals surface area (Å²) in [5.41, 5.74) is -1.61. The SMILES string of the molecule is CN(Cc1ccc(C(F)(F)F)c(F)c1)C(=O)C(C)(CCN1CCC(NS(=O)(=O)CC2CC2)CC1)c1ccc(Cl)c(Cl)c1. The second-order valence-electron chi connectivity index (χ2n) is 11.6. The van der Waals surface area contributed by atoms with Crippen molar-refractivity contribution < 1.29 is 30.8 Å². The molecule has 2 aliphatic rings. The summed E-state index contributed by atoms with van der Waals surface area (Å²) >= 11 is 12.4. The maximum atomic E-state index is 14.2. The fourth-order valence-electron chi connectivity index (χ4n) is 5.42. The largest absolute Gasteiger partial charge is 0.419 e. The van der Waals surface area contributed by atoms with Gasteiger partial charge in [0.2, 0.25) is 15.9 Å². The summed E-state index contributed by atoms with van der Waals surface area (Å²) in [7, 11) is -1.77. The van der Waals surface area contributed by atoms with E-state index in [-0.39, 0.29) is 40.8 Å². The van der Waals surface area contributed by atoms with Crippen LogP contribution in [-0.4, -0.2) is 62.6 Å². The molecule has 13 heteroatoms. The number of likely N-dealkylation sites (N-methyl/N-ethyl adjacent to an activating group) is 1. The van der Waals surface area contributed by atoms with Crippen molar-refractivity contribution >= 4 is 39.1 Å². The molecule has 1 amide bonds. The fraction of sp³-hybridized carbons (Fsp3) is 0.552. The third-order valence-electron chi connectivity index (χ3n) is 8.15. The Kier molecular flexibility index (Phi) is 10.2. The van der Waals surface area contributed by atoms with Crippen molar-refractivity contribution in [2.24, 2.45) is 5.92 Å². The summed E-state index contributed by atoms with van der Waals surface area (Å²) < 4.78 is 80.8. The number of hydrogen-bond donors (Lipinski definition) is 1. The van der Waals surface area contributed by atoms with E-state index in [1.165, 1.54) is 11.9 Å². The van der Waals surface area contributed by atoms with Gasteiger partial charge in [-0.25, -0.2) is 17.5 Å². The van der Waals surface area contributed by atoms with Crippen LogP contribution in [0.4, 0.5) is 17.6 Å². The first-order valence-corrected chi connectivity index (χ1v) is 16.3. The van der Waals surface area contributed by atoms with Crippen molar-refractivity contribution in [1.82, 2.24) is 14.5 Å². The van der Waals surface area contributed by atoms with E-state index < -0.39 is 33.0 Å². The van der Waals surface area contributed by atoms with Crippen molar-refractivity contribution in [2.75, 3.05) is 32.4 Å². The summed E-state index contributed by atoms with van der Waals surface area (Å²) in [6, 6.07) is 7.48. The van der Waals surface area contributed by atoms with Crippen LogP contribution in [0.25, 0.3) is 0 Å². The van der Waals surface area contributed by atoms with Crippen LogP contribution in [0.5, 0.6) is 0 Å². The van der Waals surface area contributed by atoms with Gasteiger partial charge in [-0.15, -0.1) is 0 Å². The average Bonchev–Trinajstić information content (AvgIpc) is 3.71. The van der Waals surface area contributed by atoms with Crippen molar-refractivity contribution in [3.63, 3.8) is 0 Å². The molecule has 0 spiro atoms. The number of rotatable bonds is 11. The number of amides is 1. The lowest BCUT2D eigenvalue weighted by atomic mass is 9.77. The molecule has 2 aromatic rings. The number of nitrogens with one attached hydrogen (secondary N) is 1. The molecule has 1 N–H and O–H groups in total. The first-order valence-electron chi connectivity index (χ1n) is 13.9. The highest BCUT2D eigenvalue weighted by Gasteiger charge is 2.39. The highest BCUT2D eigenvalue weighted by Crippen LogP contribution is 2.36. The number of piperidine rings is 1. The zero-order valence-corrected chi connectivity index (χ0v) is 25.8. The van der Waals surface area contributed by atoms with Gasteiger partial charge in [-0.05, 0) is 100.0 Å². The normalized spacial score (nSPS) is 18.6. The van der Waals surface area contributed by atoms with Crippen LogP contribution in [0, 0.1) is 11.7 Å². The molecule has 1 aliphatic heterocycles. The van der Waals surface area contributed by atoms with Crippen molar-refractivity contribution in [1.29, 1.82) is 0 Å². The van der Waals surface area contributed by atoms with Crippen LogP contribution in [-0.2, 0) is 33.0 Å². The van der Waals surface area contributed by atoms with E-state index in [1.807, 2.05) is 0 Å². The van der Waals surface area contributed by atoms with E-state index >= 15 is 0 Å². The first-order chi connectivity index (χ1) is 19.6. The van der Waals surface area contributed by atoms with E-state index in [0.29, 0.717) is 55.5 Å². The molecule has 0 bridgehead atoms. The molecule has 42 heavy (non-hydrogen) atoms. The van der Waals surface area contributed by atoms with E-state index in [9.17, 15) is 30.8 Å². The Bertz CT molecular complexity index is 1400. The average molecular weight is 653 g/mol. The van der Waals surface area contributed by atoms with Crippen LogP contribution in [0.1, 0.15) is 55.7 Å². The molecule has 6 nitrogen and oxygen atoms in total. The molecule has 4 rings (SSSR count). The van der Waals surface area contributed by atoms with Gasteiger partial charge in [-0.1, -0.05) is 35.3 Å². The Hall–Kier alpha value is -1.92. The minimum atomic E-state index is -4.81. The van der Waals surface area contributed by atoms with Gasteiger partial charge in [0.05, 0.1) is 26.8 Å². The maximum Gasteiger partial charge on any atom is 0.419 e. The summed E-state index contributed by atoms with van der Waals surface area (Å²) in [4.78, 5) is 17.5. The van der Waals surface area contributed by atoms with Crippen LogP contribution in [0.2, 0.25) is 10.0 Å². The highest BCUT2D eigenvalue weighted by molar-refractivity contribution is 7.89. The molecule has 0 radical (unpaired) electrons. The van der Waals surface area contributed by atoms with Gasteiger partial charge < -0.3 is 9.80 Å². The highest BCUT2D eigenvalue weighted by atomic mass is 35.5. The predicted molar refractivity (Wildman–Crippen MR) is 155 cm³/mol. The second-order valence-corrected chi connectivity index (χ2v) is 14.3. The van der Waals surface area contributed by atoms with Gasteiger partial charge in [0, 0.05) is 19.6 Å². The minimum absolute atomic E-state index is 0.100. The van der Waals surface area contributed by atoms with Crippen LogP contribution < -0.4 is 4.72 Å². The molecule has 1 saturated heterocycles. The van der Waals surface area contributed by atoms with E-state index in [0.717, 1.165) is 25.0 Å². The predicted octanol–water partition coefficient (Wildman–Crippen LogP) is 6.25. The van der Waals surface area contributed by atoms with E-state index in [2.05, 4.69) is 9.62 Å². The number of carbonyl (C=O) groups excluding carboxylic acids is 1. The van der Waals surface area contributed by atoms with Gasteiger partial charge in [0.25, 0.3) is 0 Å². The quantitative estimate of drug-likeness (QED) is 0.292. The lowest BCUT2D eigenvalue weighted by Crippen LogP contribution is -2.48. The lowest BCUT2D eigenvalue weighted by Gasteiger charge is -2.37. The zero-order chi connectivity index (χ0) is 30.9. The molecule has 2 fully saturated rings. The lowest BCUT2D eigenvalue weighted by molar-refractivity contribution is -0.140. The molecule has 1 saturated carbocycles. The number of halogens is 6. The molecule has 0 aromatic heterocycles. The maximum absolute atomic E-state index is 14.2. The Morgan fingerprint density at radius 1 is 1.05 bits per heavy atom. The van der Waals surface area contributed by atoms with Crippen LogP contribution in [0.15, 0.2) is 36.4 Å². The van der Waals surface area contributed by atoms with Crippen molar-refractivity contribution in [3.05, 3.63) is 69.0 Å². The first kappa shape index (κ1) is 33.0. The minimum Gasteiger partial charge on any atom is -0.341 e. The fourth-order valence-corrected chi connectivity index (χ4v) is 7.51. The van der Waals surface area contributed by atoms with Crippen molar-refractivity contribution in [2.45, 2.75) is 63.2 Å². The van der Waals surface area contributed by atoms with E-state index in [1.54, 1.807) is 25.1 Å². The molecule has 1 atom stereocenters. The van der Waals surface area contributed by atoms with Gasteiger partial charge in [-0.2, -0.15) is 13.2 Å². The molecule has 1 heterocycles. The number of sulfonamides is 1. The third kappa shape index (κ3) is 8.37. The van der Waals surface area contributed by atoms with Gasteiger partial charge >= 0.3 is 6.18 Å². The van der Waals surface area contributed by atoms with Gasteiger partial charge in [0.1, 0.15) is 5.82 Å². The van der Waals surface area contributed by atoms with Crippen LogP contribution in [0.3, 0.4) is 0 Å². The Labute approximate surface area is 254 Å². The second kappa shape index (κ2) is 13.0. The summed E-state index contributed by atoms with van der Waals surface area (Å²) in [5.74, 6) is -1.25. The Morgan fingerprint density at radius 2 is 1.71 bits per heavy atom. The number of carbonyl (C=O) groups is 1. The van der Waals surface area contributed by atoms with E-state index in [4.69, 9.17) is 23.2 Å². The molecule has 1 unspecified atom stereocenters. The van der Waals surface area contributed by atoms with Gasteiger partial charge in [-0.3, -0.25) is 4.79 Å². The standard InChI is InChI=1S/C29H35Cl2F4N3O3S/c1-28(21-6-8-24(30)25(31)16-21,27(39)37(2)17-20-5-7-23(26(32)15-20)29(33,34)35)11-14-38-12-9-22(10-13-38)36-42(40,41)18-19-3-4-19/h5-8,15-16,19,22,36H,3-4,9-14,17-18H2,1-2H3. The van der Waals surface area contributed by atoms with Crippen LogP contribution >= 0.6 is 23.2 Å². The number of benzene rings is 2. The van der Waals surface area contributed by atoms with Gasteiger partial charge in [0.15, 0.2) is 0 Å².